The average Bonchev–Trinajstić information content (AvgIpc) is 2.99. The third kappa shape index (κ3) is 1.87. The van der Waals surface area contributed by atoms with Gasteiger partial charge in [0.2, 0.25) is 5.79 Å². The molecule has 1 N–H and O–H groups in total. The number of ether oxygens (including phenoxy) is 2. The number of hydrogen-bond acceptors (Lipinski definition) is 4. The molecule has 6 aliphatic rings. The Morgan fingerprint density at radius 3 is 2.09 bits per heavy atom. The number of rotatable bonds is 2. The Hall–Kier alpha value is -0.580. The number of Topliss-reactive ketones (excluding diaryl/α,β-unsaturated/α-hetero) is 1. The lowest BCUT2D eigenvalue weighted by Gasteiger charge is -2.57. The Bertz CT molecular complexity index is 529. The van der Waals surface area contributed by atoms with Crippen LogP contribution in [0, 0.1) is 17.8 Å². The highest BCUT2D eigenvalue weighted by atomic mass is 35.5. The van der Waals surface area contributed by atoms with E-state index in [1.54, 1.807) is 0 Å². The van der Waals surface area contributed by atoms with E-state index in [0.717, 1.165) is 23.5 Å². The van der Waals surface area contributed by atoms with Crippen LogP contribution in [0.15, 0.2) is 10.7 Å². The fourth-order valence-corrected chi connectivity index (χ4v) is 6.32. The van der Waals surface area contributed by atoms with Crippen molar-refractivity contribution in [1.82, 2.24) is 5.32 Å². The summed E-state index contributed by atoms with van der Waals surface area (Å²) in [5, 5.41) is 4.02. The maximum absolute atomic E-state index is 12.1. The summed E-state index contributed by atoms with van der Waals surface area (Å²) >= 11 is 6.35. The zero-order chi connectivity index (χ0) is 14.9. The molecule has 22 heavy (non-hydrogen) atoms. The van der Waals surface area contributed by atoms with Gasteiger partial charge < -0.3 is 14.8 Å². The Balaban J connectivity index is 1.48. The molecule has 0 aromatic carbocycles. The van der Waals surface area contributed by atoms with Crippen LogP contribution in [0.1, 0.15) is 44.9 Å². The predicted molar refractivity (Wildman–Crippen MR) is 81.2 cm³/mol. The second-order valence-electron chi connectivity index (χ2n) is 8.06. The molecule has 4 saturated carbocycles. The topological polar surface area (TPSA) is 47.6 Å². The highest BCUT2D eigenvalue weighted by molar-refractivity contribution is 6.44. The molecular weight excluding hydrogens is 302 g/mol. The van der Waals surface area contributed by atoms with Crippen molar-refractivity contribution < 1.29 is 14.3 Å². The molecule has 6 rings (SSSR count). The van der Waals surface area contributed by atoms with E-state index in [2.05, 4.69) is 5.32 Å². The minimum atomic E-state index is -0.919. The van der Waals surface area contributed by atoms with Gasteiger partial charge in [-0.1, -0.05) is 11.6 Å². The standard InChI is InChI=1S/C17H22ClNO3/c18-14-13(20)9-17(21-1-2-22-17)15(14)19-16-6-10-3-11(7-16)5-12(4-10)8-16/h10-12,19H,1-9H2. The molecule has 5 aliphatic carbocycles. The van der Waals surface area contributed by atoms with Crippen LogP contribution in [0.4, 0.5) is 0 Å². The molecule has 4 nitrogen and oxygen atoms in total. The second kappa shape index (κ2) is 4.49. The van der Waals surface area contributed by atoms with Crippen molar-refractivity contribution in [3.8, 4) is 0 Å². The summed E-state index contributed by atoms with van der Waals surface area (Å²) in [4.78, 5) is 12.1. The lowest BCUT2D eigenvalue weighted by Crippen LogP contribution is -2.59. The van der Waals surface area contributed by atoms with E-state index < -0.39 is 5.79 Å². The minimum absolute atomic E-state index is 0.0594. The smallest absolute Gasteiger partial charge is 0.219 e. The van der Waals surface area contributed by atoms with Gasteiger partial charge in [-0.25, -0.2) is 0 Å². The summed E-state index contributed by atoms with van der Waals surface area (Å²) in [7, 11) is 0. The van der Waals surface area contributed by atoms with E-state index in [-0.39, 0.29) is 17.7 Å². The number of ketones is 1. The predicted octanol–water partition coefficient (Wildman–Crippen LogP) is 2.71. The molecule has 1 heterocycles. The summed E-state index contributed by atoms with van der Waals surface area (Å²) in [5.74, 6) is 1.55. The van der Waals surface area contributed by atoms with Crippen LogP contribution in [-0.2, 0) is 14.3 Å². The van der Waals surface area contributed by atoms with Gasteiger partial charge in [0, 0.05) is 5.54 Å². The first-order valence-corrected chi connectivity index (χ1v) is 8.95. The number of allylic oxidation sites excluding steroid dienone is 1. The maximum Gasteiger partial charge on any atom is 0.219 e. The summed E-state index contributed by atoms with van der Waals surface area (Å²) in [6, 6.07) is 0. The molecule has 1 saturated heterocycles. The van der Waals surface area contributed by atoms with Crippen molar-refractivity contribution in [2.45, 2.75) is 56.3 Å². The fraction of sp³-hybridized carbons (Fsp3) is 0.824. The summed E-state index contributed by atoms with van der Waals surface area (Å²) in [5.41, 5.74) is 0.829. The van der Waals surface area contributed by atoms with Crippen molar-refractivity contribution in [2.75, 3.05) is 13.2 Å². The molecule has 1 spiro atoms. The number of carbonyl (C=O) groups excluding carboxylic acids is 1. The Kier molecular flexibility index (Phi) is 2.82. The van der Waals surface area contributed by atoms with Gasteiger partial charge in [-0.05, 0) is 56.3 Å². The highest BCUT2D eigenvalue weighted by Crippen LogP contribution is 2.56. The fourth-order valence-electron chi connectivity index (χ4n) is 6.06. The molecule has 120 valence electrons. The largest absolute Gasteiger partial charge is 0.377 e. The van der Waals surface area contributed by atoms with Gasteiger partial charge in [-0.15, -0.1) is 0 Å². The van der Waals surface area contributed by atoms with Crippen LogP contribution in [0.3, 0.4) is 0 Å². The van der Waals surface area contributed by atoms with Crippen LogP contribution in [0.2, 0.25) is 0 Å². The first-order valence-electron chi connectivity index (χ1n) is 8.57. The van der Waals surface area contributed by atoms with Crippen LogP contribution in [-0.4, -0.2) is 30.3 Å². The van der Waals surface area contributed by atoms with Crippen LogP contribution < -0.4 is 5.32 Å². The van der Waals surface area contributed by atoms with Crippen molar-refractivity contribution in [2.24, 2.45) is 17.8 Å². The van der Waals surface area contributed by atoms with Gasteiger partial charge in [-0.3, -0.25) is 4.79 Å². The SMILES string of the molecule is O=C1CC2(OCCO2)C(NC23CC4CC(CC(C4)C2)C3)=C1Cl. The molecule has 0 amide bonds. The van der Waals surface area contributed by atoms with Gasteiger partial charge in [0.25, 0.3) is 0 Å². The summed E-state index contributed by atoms with van der Waals surface area (Å²) in [6.45, 7) is 1.06. The monoisotopic (exact) mass is 323 g/mol. The van der Waals surface area contributed by atoms with E-state index in [0.29, 0.717) is 18.2 Å². The van der Waals surface area contributed by atoms with E-state index in [9.17, 15) is 4.79 Å². The third-order valence-corrected chi connectivity index (χ3v) is 6.82. The van der Waals surface area contributed by atoms with E-state index >= 15 is 0 Å². The number of carbonyl (C=O) groups is 1. The molecule has 1 aliphatic heterocycles. The Labute approximate surface area is 135 Å². The molecular formula is C17H22ClNO3. The normalized spacial score (nSPS) is 45.3. The Morgan fingerprint density at radius 1 is 1.00 bits per heavy atom. The maximum atomic E-state index is 12.1. The van der Waals surface area contributed by atoms with Crippen LogP contribution in [0.5, 0.6) is 0 Å². The molecule has 0 atom stereocenters. The number of nitrogens with one attached hydrogen (secondary N) is 1. The quantitative estimate of drug-likeness (QED) is 0.849. The highest BCUT2D eigenvalue weighted by Gasteiger charge is 2.56. The van der Waals surface area contributed by atoms with Gasteiger partial charge in [0.05, 0.1) is 25.3 Å². The van der Waals surface area contributed by atoms with Crippen molar-refractivity contribution in [3.63, 3.8) is 0 Å². The van der Waals surface area contributed by atoms with E-state index in [1.165, 1.54) is 38.5 Å². The molecule has 5 fully saturated rings. The van der Waals surface area contributed by atoms with Crippen molar-refractivity contribution >= 4 is 17.4 Å². The number of hydrogen-bond donors (Lipinski definition) is 1. The minimum Gasteiger partial charge on any atom is -0.377 e. The van der Waals surface area contributed by atoms with Crippen molar-refractivity contribution in [1.29, 1.82) is 0 Å². The van der Waals surface area contributed by atoms with Gasteiger partial charge in [0.15, 0.2) is 5.78 Å². The molecule has 0 aromatic heterocycles. The van der Waals surface area contributed by atoms with Gasteiger partial charge >= 0.3 is 0 Å². The van der Waals surface area contributed by atoms with Gasteiger partial charge in [0.1, 0.15) is 5.03 Å². The molecule has 0 unspecified atom stereocenters. The lowest BCUT2D eigenvalue weighted by molar-refractivity contribution is -0.144. The summed E-state index contributed by atoms with van der Waals surface area (Å²) < 4.78 is 11.6. The number of halogens is 1. The first-order chi connectivity index (χ1) is 10.6. The zero-order valence-electron chi connectivity index (χ0n) is 12.7. The lowest BCUT2D eigenvalue weighted by atomic mass is 9.53. The second-order valence-corrected chi connectivity index (χ2v) is 8.44. The van der Waals surface area contributed by atoms with Crippen molar-refractivity contribution in [3.05, 3.63) is 10.7 Å². The Morgan fingerprint density at radius 2 is 1.55 bits per heavy atom. The zero-order valence-corrected chi connectivity index (χ0v) is 13.5. The van der Waals surface area contributed by atoms with Crippen LogP contribution >= 0.6 is 11.6 Å². The molecule has 0 radical (unpaired) electrons. The van der Waals surface area contributed by atoms with E-state index in [4.69, 9.17) is 21.1 Å². The molecule has 4 bridgehead atoms. The molecule has 5 heteroatoms. The third-order valence-electron chi connectivity index (χ3n) is 6.42. The van der Waals surface area contributed by atoms with Gasteiger partial charge in [-0.2, -0.15) is 0 Å². The average molecular weight is 324 g/mol. The first kappa shape index (κ1) is 13.8. The summed E-state index contributed by atoms with van der Waals surface area (Å²) in [6.07, 6.45) is 8.02. The van der Waals surface area contributed by atoms with E-state index in [1.807, 2.05) is 0 Å². The van der Waals surface area contributed by atoms with Crippen LogP contribution in [0.25, 0.3) is 0 Å². The molecule has 0 aromatic rings.